The highest BCUT2D eigenvalue weighted by atomic mass is 16.6. The summed E-state index contributed by atoms with van der Waals surface area (Å²) in [5, 5.41) is 13.6. The zero-order chi connectivity index (χ0) is 14.7. The van der Waals surface area contributed by atoms with Crippen LogP contribution in [0.5, 0.6) is 5.75 Å². The lowest BCUT2D eigenvalue weighted by atomic mass is 9.93. The highest BCUT2D eigenvalue weighted by Gasteiger charge is 2.57. The molecule has 0 saturated carbocycles. The van der Waals surface area contributed by atoms with E-state index in [4.69, 9.17) is 9.47 Å². The second kappa shape index (κ2) is 3.92. The lowest BCUT2D eigenvalue weighted by Crippen LogP contribution is -2.37. The molecule has 1 N–H and O–H groups in total. The highest BCUT2D eigenvalue weighted by Crippen LogP contribution is 2.55. The standard InChI is InChI=1S/C13H14N2O5/c1-6(16)14-8-4-7-10(5-9(8)15(17)18)20-13(2,3)12-11(7)19-12/h4-5,11-12H,1-3H3,(H,14,16)/t11-,12?/m0/s1. The largest absolute Gasteiger partial charge is 0.484 e. The number of anilines is 1. The molecular weight excluding hydrogens is 264 g/mol. The van der Waals surface area contributed by atoms with E-state index in [9.17, 15) is 14.9 Å². The van der Waals surface area contributed by atoms with Crippen molar-refractivity contribution in [2.75, 3.05) is 5.32 Å². The van der Waals surface area contributed by atoms with Crippen molar-refractivity contribution in [3.05, 3.63) is 27.8 Å². The molecule has 20 heavy (non-hydrogen) atoms. The van der Waals surface area contributed by atoms with E-state index in [-0.39, 0.29) is 29.5 Å². The Morgan fingerprint density at radius 1 is 1.45 bits per heavy atom. The van der Waals surface area contributed by atoms with Gasteiger partial charge in [0.25, 0.3) is 5.69 Å². The number of nitro groups is 1. The van der Waals surface area contributed by atoms with Crippen LogP contribution in [0, 0.1) is 10.1 Å². The molecule has 0 aromatic heterocycles. The molecule has 7 heteroatoms. The monoisotopic (exact) mass is 278 g/mol. The Hall–Kier alpha value is -2.15. The van der Waals surface area contributed by atoms with Gasteiger partial charge in [-0.1, -0.05) is 0 Å². The molecular formula is C13H14N2O5. The van der Waals surface area contributed by atoms with Crippen molar-refractivity contribution in [2.24, 2.45) is 0 Å². The molecule has 0 bridgehead atoms. The van der Waals surface area contributed by atoms with Crippen LogP contribution in [-0.2, 0) is 9.53 Å². The summed E-state index contributed by atoms with van der Waals surface area (Å²) in [4.78, 5) is 21.7. The number of hydrogen-bond donors (Lipinski definition) is 1. The number of rotatable bonds is 2. The molecule has 1 aromatic rings. The van der Waals surface area contributed by atoms with E-state index in [0.717, 1.165) is 5.56 Å². The molecule has 0 radical (unpaired) electrons. The van der Waals surface area contributed by atoms with E-state index in [0.29, 0.717) is 5.75 Å². The van der Waals surface area contributed by atoms with E-state index in [1.54, 1.807) is 6.07 Å². The Morgan fingerprint density at radius 3 is 2.75 bits per heavy atom. The summed E-state index contributed by atoms with van der Waals surface area (Å²) in [5.41, 5.74) is 0.206. The average Bonchev–Trinajstić information content (AvgIpc) is 3.09. The van der Waals surface area contributed by atoms with Gasteiger partial charge < -0.3 is 14.8 Å². The Labute approximate surface area is 115 Å². The quantitative estimate of drug-likeness (QED) is 0.508. The lowest BCUT2D eigenvalue weighted by molar-refractivity contribution is -0.384. The smallest absolute Gasteiger partial charge is 0.296 e. The first kappa shape index (κ1) is 12.9. The summed E-state index contributed by atoms with van der Waals surface area (Å²) in [6, 6.07) is 2.91. The van der Waals surface area contributed by atoms with Crippen LogP contribution in [0.25, 0.3) is 0 Å². The third-order valence-electron chi connectivity index (χ3n) is 3.49. The SMILES string of the molecule is CC(=O)Nc1cc2c(cc1[N+](=O)[O-])OC(C)(C)C1O[C@@H]21. The zero-order valence-corrected chi connectivity index (χ0v) is 11.3. The first-order chi connectivity index (χ1) is 9.29. The van der Waals surface area contributed by atoms with Crippen LogP contribution in [-0.4, -0.2) is 22.5 Å². The van der Waals surface area contributed by atoms with Gasteiger partial charge in [-0.3, -0.25) is 14.9 Å². The van der Waals surface area contributed by atoms with Crippen molar-refractivity contribution >= 4 is 17.3 Å². The summed E-state index contributed by atoms with van der Waals surface area (Å²) in [6.07, 6.45) is -0.177. The first-order valence-corrected chi connectivity index (χ1v) is 6.24. The van der Waals surface area contributed by atoms with Gasteiger partial charge in [0.2, 0.25) is 5.91 Å². The fourth-order valence-electron chi connectivity index (χ4n) is 2.56. The van der Waals surface area contributed by atoms with Gasteiger partial charge in [0.15, 0.2) is 0 Å². The number of carbonyl (C=O) groups is 1. The van der Waals surface area contributed by atoms with Gasteiger partial charge >= 0.3 is 0 Å². The van der Waals surface area contributed by atoms with E-state index in [1.807, 2.05) is 13.8 Å². The summed E-state index contributed by atoms with van der Waals surface area (Å²) in [6.45, 7) is 5.07. The molecule has 1 aromatic carbocycles. The summed E-state index contributed by atoms with van der Waals surface area (Å²) in [5.74, 6) is 0.0768. The van der Waals surface area contributed by atoms with Gasteiger partial charge in [0.1, 0.15) is 29.2 Å². The number of nitrogens with zero attached hydrogens (tertiary/aromatic N) is 1. The van der Waals surface area contributed by atoms with Crippen molar-refractivity contribution in [1.82, 2.24) is 0 Å². The predicted octanol–water partition coefficient (Wildman–Crippen LogP) is 2.16. The van der Waals surface area contributed by atoms with Crippen LogP contribution in [0.4, 0.5) is 11.4 Å². The second-order valence-electron chi connectivity index (χ2n) is 5.53. The zero-order valence-electron chi connectivity index (χ0n) is 11.3. The van der Waals surface area contributed by atoms with E-state index >= 15 is 0 Å². The Bertz CT molecular complexity index is 625. The molecule has 106 valence electrons. The number of carbonyl (C=O) groups excluding carboxylic acids is 1. The van der Waals surface area contributed by atoms with Crippen LogP contribution in [0.1, 0.15) is 32.4 Å². The fraction of sp³-hybridized carbons (Fsp3) is 0.462. The molecule has 7 nitrogen and oxygen atoms in total. The number of amides is 1. The fourth-order valence-corrected chi connectivity index (χ4v) is 2.56. The van der Waals surface area contributed by atoms with Crippen LogP contribution >= 0.6 is 0 Å². The van der Waals surface area contributed by atoms with Gasteiger partial charge in [-0.25, -0.2) is 0 Å². The first-order valence-electron chi connectivity index (χ1n) is 6.24. The number of epoxide rings is 1. The molecule has 1 unspecified atom stereocenters. The van der Waals surface area contributed by atoms with Crippen LogP contribution in [0.2, 0.25) is 0 Å². The maximum atomic E-state index is 11.2. The predicted molar refractivity (Wildman–Crippen MR) is 69.7 cm³/mol. The number of fused-ring (bicyclic) bond motifs is 3. The number of nitrogens with one attached hydrogen (secondary N) is 1. The van der Waals surface area contributed by atoms with Gasteiger partial charge in [-0.15, -0.1) is 0 Å². The molecule has 2 atom stereocenters. The third kappa shape index (κ3) is 1.90. The number of hydrogen-bond acceptors (Lipinski definition) is 5. The van der Waals surface area contributed by atoms with Crippen molar-refractivity contribution in [3.8, 4) is 5.75 Å². The molecule has 2 aliphatic heterocycles. The molecule has 1 saturated heterocycles. The average molecular weight is 278 g/mol. The van der Waals surface area contributed by atoms with E-state index in [2.05, 4.69) is 5.32 Å². The van der Waals surface area contributed by atoms with Crippen LogP contribution in [0.15, 0.2) is 12.1 Å². The maximum Gasteiger partial charge on any atom is 0.296 e. The normalized spacial score (nSPS) is 24.9. The lowest BCUT2D eigenvalue weighted by Gasteiger charge is -2.29. The Morgan fingerprint density at radius 2 is 2.15 bits per heavy atom. The van der Waals surface area contributed by atoms with Crippen LogP contribution < -0.4 is 10.1 Å². The van der Waals surface area contributed by atoms with E-state index < -0.39 is 10.5 Å². The molecule has 1 fully saturated rings. The number of nitro benzene ring substituents is 1. The second-order valence-corrected chi connectivity index (χ2v) is 5.53. The third-order valence-corrected chi connectivity index (χ3v) is 3.49. The minimum atomic E-state index is -0.540. The molecule has 3 rings (SSSR count). The number of benzene rings is 1. The number of ether oxygens (including phenoxy) is 2. The van der Waals surface area contributed by atoms with E-state index in [1.165, 1.54) is 13.0 Å². The molecule has 2 heterocycles. The molecule has 2 aliphatic rings. The van der Waals surface area contributed by atoms with Crippen LogP contribution in [0.3, 0.4) is 0 Å². The van der Waals surface area contributed by atoms with Crippen molar-refractivity contribution < 1.29 is 19.2 Å². The summed E-state index contributed by atoms with van der Waals surface area (Å²) in [7, 11) is 0. The van der Waals surface area contributed by atoms with Crippen molar-refractivity contribution in [1.29, 1.82) is 0 Å². The Kier molecular flexibility index (Phi) is 2.52. The van der Waals surface area contributed by atoms with Crippen molar-refractivity contribution in [3.63, 3.8) is 0 Å². The summed E-state index contributed by atoms with van der Waals surface area (Å²) >= 11 is 0. The highest BCUT2D eigenvalue weighted by molar-refractivity contribution is 5.91. The topological polar surface area (TPSA) is 94.0 Å². The Balaban J connectivity index is 2.09. The molecule has 1 amide bonds. The van der Waals surface area contributed by atoms with Gasteiger partial charge in [0, 0.05) is 12.5 Å². The summed E-state index contributed by atoms with van der Waals surface area (Å²) < 4.78 is 11.4. The van der Waals surface area contributed by atoms with Gasteiger partial charge in [-0.2, -0.15) is 0 Å². The minimum absolute atomic E-state index is 0.0540. The van der Waals surface area contributed by atoms with Crippen molar-refractivity contribution in [2.45, 2.75) is 38.6 Å². The molecule has 0 spiro atoms. The molecule has 0 aliphatic carbocycles. The minimum Gasteiger partial charge on any atom is -0.484 e. The van der Waals surface area contributed by atoms with Gasteiger partial charge in [-0.05, 0) is 19.9 Å². The maximum absolute atomic E-state index is 11.2. The van der Waals surface area contributed by atoms with Gasteiger partial charge in [0.05, 0.1) is 11.0 Å².